The predicted molar refractivity (Wildman–Crippen MR) is 72.1 cm³/mol. The van der Waals surface area contributed by atoms with Gasteiger partial charge in [0.15, 0.2) is 0 Å². The lowest BCUT2D eigenvalue weighted by molar-refractivity contribution is -0.384. The van der Waals surface area contributed by atoms with Crippen LogP contribution >= 0.6 is 0 Å². The van der Waals surface area contributed by atoms with Crippen LogP contribution in [0, 0.1) is 10.1 Å². The van der Waals surface area contributed by atoms with Crippen LogP contribution in [0.15, 0.2) is 18.2 Å². The van der Waals surface area contributed by atoms with E-state index in [0.29, 0.717) is 13.2 Å². The maximum atomic E-state index is 10.9. The van der Waals surface area contributed by atoms with Crippen LogP contribution in [0.1, 0.15) is 29.6 Å². The lowest BCUT2D eigenvalue weighted by Crippen LogP contribution is -2.27. The average Bonchev–Trinajstić information content (AvgIpc) is 2.45. The number of benzene rings is 1. The first-order chi connectivity index (χ1) is 9.58. The minimum atomic E-state index is -1.11. The monoisotopic (exact) mass is 280 g/mol. The number of anilines is 1. The molecule has 2 rings (SSSR count). The molecule has 1 aliphatic rings. The summed E-state index contributed by atoms with van der Waals surface area (Å²) < 4.78 is 5.53. The van der Waals surface area contributed by atoms with Crippen LogP contribution in [-0.4, -0.2) is 35.3 Å². The molecule has 1 unspecified atom stereocenters. The summed E-state index contributed by atoms with van der Waals surface area (Å²) in [4.78, 5) is 21.3. The number of nitrogens with zero attached hydrogens (tertiary/aromatic N) is 1. The zero-order chi connectivity index (χ0) is 14.5. The third-order valence-electron chi connectivity index (χ3n) is 3.23. The van der Waals surface area contributed by atoms with Crippen molar-refractivity contribution >= 4 is 17.3 Å². The molecule has 2 N–H and O–H groups in total. The molecule has 1 fully saturated rings. The van der Waals surface area contributed by atoms with Gasteiger partial charge < -0.3 is 15.2 Å². The Hall–Kier alpha value is -2.15. The molecule has 0 aliphatic carbocycles. The third-order valence-corrected chi connectivity index (χ3v) is 3.23. The fourth-order valence-electron chi connectivity index (χ4n) is 2.16. The molecule has 20 heavy (non-hydrogen) atoms. The molecule has 1 heterocycles. The maximum Gasteiger partial charge on any atom is 0.335 e. The van der Waals surface area contributed by atoms with Crippen LogP contribution < -0.4 is 5.32 Å². The second-order valence-electron chi connectivity index (χ2n) is 4.66. The van der Waals surface area contributed by atoms with E-state index in [-0.39, 0.29) is 23.0 Å². The molecule has 7 heteroatoms. The summed E-state index contributed by atoms with van der Waals surface area (Å²) in [6.07, 6.45) is 3.02. The first-order valence-corrected chi connectivity index (χ1v) is 6.45. The van der Waals surface area contributed by atoms with Gasteiger partial charge in [0.2, 0.25) is 0 Å². The van der Waals surface area contributed by atoms with E-state index >= 15 is 0 Å². The van der Waals surface area contributed by atoms with Crippen molar-refractivity contribution in [1.29, 1.82) is 0 Å². The van der Waals surface area contributed by atoms with Gasteiger partial charge >= 0.3 is 5.97 Å². The largest absolute Gasteiger partial charge is 0.478 e. The molecular weight excluding hydrogens is 264 g/mol. The summed E-state index contributed by atoms with van der Waals surface area (Å²) in [5.41, 5.74) is 0.0949. The third kappa shape index (κ3) is 3.45. The first kappa shape index (κ1) is 14.3. The minimum absolute atomic E-state index is 0.0110. The molecule has 1 atom stereocenters. The number of nitro groups is 1. The molecule has 0 bridgehead atoms. The molecule has 0 saturated carbocycles. The molecular formula is C13H16N2O5. The van der Waals surface area contributed by atoms with Gasteiger partial charge in [-0.05, 0) is 31.4 Å². The molecule has 0 aromatic heterocycles. The van der Waals surface area contributed by atoms with Gasteiger partial charge in [0.05, 0.1) is 16.6 Å². The Morgan fingerprint density at radius 3 is 2.90 bits per heavy atom. The van der Waals surface area contributed by atoms with E-state index in [9.17, 15) is 14.9 Å². The topological polar surface area (TPSA) is 102 Å². The summed E-state index contributed by atoms with van der Waals surface area (Å²) in [6, 6.07) is 3.71. The maximum absolute atomic E-state index is 10.9. The number of carboxylic acids is 1. The molecule has 0 radical (unpaired) electrons. The highest BCUT2D eigenvalue weighted by atomic mass is 16.6. The molecule has 1 aromatic carbocycles. The number of carboxylic acid groups (broad SMARTS) is 1. The zero-order valence-corrected chi connectivity index (χ0v) is 10.9. The lowest BCUT2D eigenvalue weighted by atomic mass is 10.1. The van der Waals surface area contributed by atoms with Gasteiger partial charge in [-0.15, -0.1) is 0 Å². The van der Waals surface area contributed by atoms with Crippen molar-refractivity contribution in [2.45, 2.75) is 25.4 Å². The van der Waals surface area contributed by atoms with Gasteiger partial charge in [0.25, 0.3) is 5.69 Å². The van der Waals surface area contributed by atoms with Crippen molar-refractivity contribution in [2.24, 2.45) is 0 Å². The Kier molecular flexibility index (Phi) is 4.52. The summed E-state index contributed by atoms with van der Waals surface area (Å²) in [5.74, 6) is -1.11. The number of hydrogen-bond donors (Lipinski definition) is 2. The van der Waals surface area contributed by atoms with Crippen LogP contribution in [0.25, 0.3) is 0 Å². The summed E-state index contributed by atoms with van der Waals surface area (Å²) in [5, 5.41) is 22.8. The van der Waals surface area contributed by atoms with Gasteiger partial charge in [-0.25, -0.2) is 4.79 Å². The van der Waals surface area contributed by atoms with Crippen molar-refractivity contribution < 1.29 is 19.6 Å². The number of ether oxygens (including phenoxy) is 1. The Labute approximate surface area is 115 Å². The van der Waals surface area contributed by atoms with Crippen molar-refractivity contribution in [3.8, 4) is 0 Å². The second-order valence-corrected chi connectivity index (χ2v) is 4.66. The van der Waals surface area contributed by atoms with Crippen LogP contribution in [0.5, 0.6) is 0 Å². The van der Waals surface area contributed by atoms with E-state index < -0.39 is 10.9 Å². The minimum Gasteiger partial charge on any atom is -0.478 e. The van der Waals surface area contributed by atoms with E-state index in [0.717, 1.165) is 19.3 Å². The highest BCUT2D eigenvalue weighted by Crippen LogP contribution is 2.26. The first-order valence-electron chi connectivity index (χ1n) is 6.45. The molecule has 7 nitrogen and oxygen atoms in total. The molecule has 108 valence electrons. The quantitative estimate of drug-likeness (QED) is 0.633. The van der Waals surface area contributed by atoms with Gasteiger partial charge in [0, 0.05) is 19.2 Å². The molecule has 0 amide bonds. The molecule has 0 spiro atoms. The van der Waals surface area contributed by atoms with Gasteiger partial charge in [0.1, 0.15) is 5.69 Å². The van der Waals surface area contributed by atoms with Crippen molar-refractivity contribution in [3.63, 3.8) is 0 Å². The van der Waals surface area contributed by atoms with Gasteiger partial charge in [-0.1, -0.05) is 0 Å². The summed E-state index contributed by atoms with van der Waals surface area (Å²) >= 11 is 0. The van der Waals surface area contributed by atoms with E-state index in [1.165, 1.54) is 18.2 Å². The Balaban J connectivity index is 2.12. The van der Waals surface area contributed by atoms with E-state index in [1.54, 1.807) is 0 Å². The zero-order valence-electron chi connectivity index (χ0n) is 10.9. The van der Waals surface area contributed by atoms with Crippen LogP contribution in [0.2, 0.25) is 0 Å². The fourth-order valence-corrected chi connectivity index (χ4v) is 2.16. The molecule has 1 aromatic rings. The smallest absolute Gasteiger partial charge is 0.335 e. The van der Waals surface area contributed by atoms with Crippen LogP contribution in [0.3, 0.4) is 0 Å². The average molecular weight is 280 g/mol. The predicted octanol–water partition coefficient (Wildman–Crippen LogP) is 2.27. The van der Waals surface area contributed by atoms with Crippen molar-refractivity contribution in [3.05, 3.63) is 33.9 Å². The summed E-state index contributed by atoms with van der Waals surface area (Å²) in [7, 11) is 0. The second kappa shape index (κ2) is 6.33. The van der Waals surface area contributed by atoms with E-state index in [2.05, 4.69) is 5.32 Å². The Morgan fingerprint density at radius 2 is 2.30 bits per heavy atom. The number of nitro benzene ring substituents is 1. The van der Waals surface area contributed by atoms with E-state index in [1.807, 2.05) is 0 Å². The Morgan fingerprint density at radius 1 is 1.50 bits per heavy atom. The highest BCUT2D eigenvalue weighted by Gasteiger charge is 2.19. The lowest BCUT2D eigenvalue weighted by Gasteiger charge is -2.23. The Bertz CT molecular complexity index is 511. The van der Waals surface area contributed by atoms with Crippen molar-refractivity contribution in [1.82, 2.24) is 0 Å². The highest BCUT2D eigenvalue weighted by molar-refractivity contribution is 5.90. The van der Waals surface area contributed by atoms with Gasteiger partial charge in [-0.3, -0.25) is 10.1 Å². The van der Waals surface area contributed by atoms with Crippen LogP contribution in [0.4, 0.5) is 11.4 Å². The number of aromatic carboxylic acids is 1. The fraction of sp³-hybridized carbons (Fsp3) is 0.462. The standard InChI is InChI=1S/C13H16N2O5/c16-13(17)9-4-5-12(15(18)19)11(7-9)14-8-10-3-1-2-6-20-10/h4-5,7,10,14H,1-3,6,8H2,(H,16,17). The van der Waals surface area contributed by atoms with Crippen molar-refractivity contribution in [2.75, 3.05) is 18.5 Å². The number of rotatable bonds is 5. The molecule has 1 saturated heterocycles. The molecule has 1 aliphatic heterocycles. The number of nitrogens with one attached hydrogen (secondary N) is 1. The summed E-state index contributed by atoms with van der Waals surface area (Å²) in [6.45, 7) is 1.13. The normalized spacial score (nSPS) is 18.5. The van der Waals surface area contributed by atoms with Gasteiger partial charge in [-0.2, -0.15) is 0 Å². The van der Waals surface area contributed by atoms with Crippen LogP contribution in [-0.2, 0) is 4.74 Å². The number of hydrogen-bond acceptors (Lipinski definition) is 5. The van der Waals surface area contributed by atoms with E-state index in [4.69, 9.17) is 9.84 Å². The number of carbonyl (C=O) groups is 1. The SMILES string of the molecule is O=C(O)c1ccc([N+](=O)[O-])c(NCC2CCCCO2)c1.